The maximum atomic E-state index is 12.2. The van der Waals surface area contributed by atoms with Gasteiger partial charge in [0.2, 0.25) is 0 Å². The lowest BCUT2D eigenvalue weighted by atomic mass is 9.97. The third-order valence-electron chi connectivity index (χ3n) is 4.62. The lowest BCUT2D eigenvalue weighted by molar-refractivity contribution is 0.155. The number of aliphatic hydroxyl groups is 1. The van der Waals surface area contributed by atoms with Crippen LogP contribution in [-0.4, -0.2) is 30.9 Å². The van der Waals surface area contributed by atoms with E-state index in [1.165, 1.54) is 0 Å². The van der Waals surface area contributed by atoms with Crippen molar-refractivity contribution < 1.29 is 14.6 Å². The molecule has 0 spiro atoms. The summed E-state index contributed by atoms with van der Waals surface area (Å²) in [5.74, 6) is 0.353. The highest BCUT2D eigenvalue weighted by atomic mass is 35.5. The Kier molecular flexibility index (Phi) is 6.36. The van der Waals surface area contributed by atoms with E-state index in [2.05, 4.69) is 10.2 Å². The quantitative estimate of drug-likeness (QED) is 0.819. The summed E-state index contributed by atoms with van der Waals surface area (Å²) in [7, 11) is 0. The Labute approximate surface area is 158 Å². The molecule has 0 atom stereocenters. The highest BCUT2D eigenvalue weighted by Gasteiger charge is 2.21. The minimum Gasteiger partial charge on any atom is -0.444 e. The van der Waals surface area contributed by atoms with E-state index in [1.54, 1.807) is 6.07 Å². The van der Waals surface area contributed by atoms with Crippen molar-refractivity contribution in [1.29, 1.82) is 0 Å². The first-order valence-corrected chi connectivity index (χ1v) is 9.16. The molecule has 0 bridgehead atoms. The molecule has 6 heteroatoms. The van der Waals surface area contributed by atoms with E-state index in [4.69, 9.17) is 16.3 Å². The van der Waals surface area contributed by atoms with Gasteiger partial charge in [-0.05, 0) is 42.5 Å². The van der Waals surface area contributed by atoms with Crippen LogP contribution in [0, 0.1) is 5.92 Å². The van der Waals surface area contributed by atoms with Crippen LogP contribution < -0.4 is 10.2 Å². The zero-order chi connectivity index (χ0) is 18.4. The average Bonchev–Trinajstić information content (AvgIpc) is 2.67. The second-order valence-electron chi connectivity index (χ2n) is 6.46. The molecule has 26 heavy (non-hydrogen) atoms. The standard InChI is InChI=1S/C20H23ClN2O3/c21-17-6-7-19(23-10-8-15(13-24)9-11-23)18(12-17)22-20(25)26-14-16-4-2-1-3-5-16/h1-7,12,15,24H,8-11,13-14H2,(H,22,25). The van der Waals surface area contributed by atoms with Gasteiger partial charge in [-0.2, -0.15) is 0 Å². The number of halogens is 1. The van der Waals surface area contributed by atoms with E-state index in [1.807, 2.05) is 42.5 Å². The first-order chi connectivity index (χ1) is 12.7. The predicted molar refractivity (Wildman–Crippen MR) is 104 cm³/mol. The van der Waals surface area contributed by atoms with Crippen molar-refractivity contribution in [2.75, 3.05) is 29.9 Å². The number of nitrogens with one attached hydrogen (secondary N) is 1. The monoisotopic (exact) mass is 374 g/mol. The van der Waals surface area contributed by atoms with Gasteiger partial charge < -0.3 is 14.7 Å². The summed E-state index contributed by atoms with van der Waals surface area (Å²) in [5, 5.41) is 12.7. The fourth-order valence-corrected chi connectivity index (χ4v) is 3.28. The van der Waals surface area contributed by atoms with Crippen molar-refractivity contribution in [1.82, 2.24) is 0 Å². The Morgan fingerprint density at radius 3 is 2.62 bits per heavy atom. The van der Waals surface area contributed by atoms with Crippen molar-refractivity contribution in [2.45, 2.75) is 19.4 Å². The van der Waals surface area contributed by atoms with Gasteiger partial charge in [-0.1, -0.05) is 41.9 Å². The number of nitrogens with zero attached hydrogens (tertiary/aromatic N) is 1. The van der Waals surface area contributed by atoms with Gasteiger partial charge in [-0.15, -0.1) is 0 Å². The number of anilines is 2. The summed E-state index contributed by atoms with van der Waals surface area (Å²) in [4.78, 5) is 14.4. The molecule has 1 saturated heterocycles. The van der Waals surface area contributed by atoms with Crippen LogP contribution in [0.3, 0.4) is 0 Å². The van der Waals surface area contributed by atoms with Crippen LogP contribution in [0.1, 0.15) is 18.4 Å². The second kappa shape index (κ2) is 8.92. The number of ether oxygens (including phenoxy) is 1. The Morgan fingerprint density at radius 2 is 1.92 bits per heavy atom. The molecule has 0 aromatic heterocycles. The third-order valence-corrected chi connectivity index (χ3v) is 4.86. The van der Waals surface area contributed by atoms with Crippen molar-refractivity contribution in [3.05, 3.63) is 59.1 Å². The molecule has 3 rings (SSSR count). The lowest BCUT2D eigenvalue weighted by Gasteiger charge is -2.34. The molecule has 1 amide bonds. The average molecular weight is 375 g/mol. The van der Waals surface area contributed by atoms with Crippen LogP contribution in [0.5, 0.6) is 0 Å². The number of hydrogen-bond acceptors (Lipinski definition) is 4. The first-order valence-electron chi connectivity index (χ1n) is 8.79. The maximum absolute atomic E-state index is 12.2. The number of piperidine rings is 1. The van der Waals surface area contributed by atoms with E-state index >= 15 is 0 Å². The molecule has 1 heterocycles. The summed E-state index contributed by atoms with van der Waals surface area (Å²) < 4.78 is 5.30. The highest BCUT2D eigenvalue weighted by molar-refractivity contribution is 6.31. The molecule has 5 nitrogen and oxygen atoms in total. The molecule has 1 fully saturated rings. The molecular formula is C20H23ClN2O3. The molecule has 0 saturated carbocycles. The van der Waals surface area contributed by atoms with Gasteiger partial charge >= 0.3 is 6.09 Å². The number of benzene rings is 2. The molecular weight excluding hydrogens is 352 g/mol. The topological polar surface area (TPSA) is 61.8 Å². The Balaban J connectivity index is 1.65. The van der Waals surface area contributed by atoms with Crippen molar-refractivity contribution >= 4 is 29.1 Å². The molecule has 0 unspecified atom stereocenters. The van der Waals surface area contributed by atoms with Gasteiger partial charge in [-0.3, -0.25) is 5.32 Å². The largest absolute Gasteiger partial charge is 0.444 e. The Bertz CT molecular complexity index is 731. The summed E-state index contributed by atoms with van der Waals surface area (Å²) in [6.45, 7) is 2.11. The van der Waals surface area contributed by atoms with E-state index in [-0.39, 0.29) is 13.2 Å². The fourth-order valence-electron chi connectivity index (χ4n) is 3.11. The summed E-state index contributed by atoms with van der Waals surface area (Å²) >= 11 is 6.11. The van der Waals surface area contributed by atoms with Gasteiger partial charge in [0, 0.05) is 24.7 Å². The highest BCUT2D eigenvalue weighted by Crippen LogP contribution is 2.32. The van der Waals surface area contributed by atoms with E-state index in [9.17, 15) is 9.90 Å². The van der Waals surface area contributed by atoms with Crippen LogP contribution >= 0.6 is 11.6 Å². The minimum atomic E-state index is -0.511. The van der Waals surface area contributed by atoms with Crippen LogP contribution in [0.4, 0.5) is 16.2 Å². The zero-order valence-electron chi connectivity index (χ0n) is 14.5. The second-order valence-corrected chi connectivity index (χ2v) is 6.90. The predicted octanol–water partition coefficient (Wildman–Crippen LogP) is 4.30. The normalized spacial score (nSPS) is 14.9. The molecule has 1 aliphatic heterocycles. The van der Waals surface area contributed by atoms with Gasteiger partial charge in [0.15, 0.2) is 0 Å². The van der Waals surface area contributed by atoms with Gasteiger partial charge in [0.25, 0.3) is 0 Å². The van der Waals surface area contributed by atoms with Gasteiger partial charge in [-0.25, -0.2) is 4.79 Å². The van der Waals surface area contributed by atoms with E-state index in [0.717, 1.165) is 37.2 Å². The third kappa shape index (κ3) is 4.90. The summed E-state index contributed by atoms with van der Waals surface area (Å²) in [5.41, 5.74) is 2.49. The Hall–Kier alpha value is -2.24. The molecule has 1 aliphatic rings. The number of hydrogen-bond donors (Lipinski definition) is 2. The summed E-state index contributed by atoms with van der Waals surface area (Å²) in [6.07, 6.45) is 1.34. The molecule has 2 aromatic rings. The fraction of sp³-hybridized carbons (Fsp3) is 0.350. The summed E-state index contributed by atoms with van der Waals surface area (Å²) in [6, 6.07) is 15.0. The zero-order valence-corrected chi connectivity index (χ0v) is 15.3. The van der Waals surface area contributed by atoms with Crippen LogP contribution in [-0.2, 0) is 11.3 Å². The van der Waals surface area contributed by atoms with Crippen molar-refractivity contribution in [3.8, 4) is 0 Å². The number of aliphatic hydroxyl groups excluding tert-OH is 1. The number of carbonyl (C=O) groups excluding carboxylic acids is 1. The number of amides is 1. The van der Waals surface area contributed by atoms with Crippen molar-refractivity contribution in [2.24, 2.45) is 5.92 Å². The molecule has 138 valence electrons. The molecule has 2 aromatic carbocycles. The van der Waals surface area contributed by atoms with Crippen LogP contribution in [0.25, 0.3) is 0 Å². The maximum Gasteiger partial charge on any atom is 0.412 e. The first kappa shape index (κ1) is 18.5. The Morgan fingerprint density at radius 1 is 1.19 bits per heavy atom. The van der Waals surface area contributed by atoms with E-state index < -0.39 is 6.09 Å². The lowest BCUT2D eigenvalue weighted by Crippen LogP contribution is -2.35. The van der Waals surface area contributed by atoms with Crippen LogP contribution in [0.2, 0.25) is 5.02 Å². The molecule has 0 radical (unpaired) electrons. The number of carbonyl (C=O) groups is 1. The minimum absolute atomic E-state index is 0.213. The van der Waals surface area contributed by atoms with Crippen molar-refractivity contribution in [3.63, 3.8) is 0 Å². The van der Waals surface area contributed by atoms with Crippen LogP contribution in [0.15, 0.2) is 48.5 Å². The smallest absolute Gasteiger partial charge is 0.412 e. The SMILES string of the molecule is O=C(Nc1cc(Cl)ccc1N1CCC(CO)CC1)OCc1ccccc1. The van der Waals surface area contributed by atoms with E-state index in [0.29, 0.717) is 16.6 Å². The number of rotatable bonds is 5. The molecule has 2 N–H and O–H groups in total. The van der Waals surface area contributed by atoms with Gasteiger partial charge in [0.05, 0.1) is 11.4 Å². The van der Waals surface area contributed by atoms with Gasteiger partial charge in [0.1, 0.15) is 6.61 Å². The molecule has 0 aliphatic carbocycles.